The molecule has 0 radical (unpaired) electrons. The molecule has 0 aliphatic rings. The fourth-order valence-electron chi connectivity index (χ4n) is 1.80. The van der Waals surface area contributed by atoms with Crippen molar-refractivity contribution in [2.24, 2.45) is 0 Å². The van der Waals surface area contributed by atoms with Crippen LogP contribution in [0.4, 0.5) is 5.69 Å². The van der Waals surface area contributed by atoms with Crippen molar-refractivity contribution < 1.29 is 5.11 Å². The van der Waals surface area contributed by atoms with Crippen LogP contribution >= 0.6 is 0 Å². The summed E-state index contributed by atoms with van der Waals surface area (Å²) in [6.45, 7) is 3.76. The Kier molecular flexibility index (Phi) is 3.16. The first kappa shape index (κ1) is 11.7. The van der Waals surface area contributed by atoms with Crippen molar-refractivity contribution in [3.05, 3.63) is 53.6 Å². The summed E-state index contributed by atoms with van der Waals surface area (Å²) in [4.78, 5) is 0. The Morgan fingerprint density at radius 2 is 1.76 bits per heavy atom. The van der Waals surface area contributed by atoms with Gasteiger partial charge in [-0.3, -0.25) is 0 Å². The Balaban J connectivity index is 2.45. The summed E-state index contributed by atoms with van der Waals surface area (Å²) in [7, 11) is 0. The van der Waals surface area contributed by atoms with E-state index in [1.54, 1.807) is 6.92 Å². The highest BCUT2D eigenvalue weighted by Crippen LogP contribution is 2.26. The Morgan fingerprint density at radius 1 is 1.06 bits per heavy atom. The highest BCUT2D eigenvalue weighted by molar-refractivity contribution is 5.69. The van der Waals surface area contributed by atoms with Gasteiger partial charge in [0.15, 0.2) is 0 Å². The topological polar surface area (TPSA) is 46.2 Å². The van der Waals surface area contributed by atoms with Gasteiger partial charge < -0.3 is 10.8 Å². The predicted octanol–water partition coefficient (Wildman–Crippen LogP) is 3.30. The zero-order chi connectivity index (χ0) is 12.4. The Labute approximate surface area is 102 Å². The van der Waals surface area contributed by atoms with E-state index in [9.17, 15) is 5.11 Å². The molecule has 0 aliphatic heterocycles. The third kappa shape index (κ3) is 2.48. The van der Waals surface area contributed by atoms with E-state index in [1.807, 2.05) is 49.4 Å². The monoisotopic (exact) mass is 227 g/mol. The number of aliphatic hydroxyl groups excluding tert-OH is 1. The molecular weight excluding hydrogens is 210 g/mol. The average molecular weight is 227 g/mol. The molecule has 1 atom stereocenters. The standard InChI is InChI=1S/C15H17NO/c1-10-6-7-14(9-15(10)16)13-5-3-4-12(8-13)11(2)17/h3-9,11,17H,16H2,1-2H3. The normalized spacial score (nSPS) is 12.4. The number of hydrogen-bond acceptors (Lipinski definition) is 2. The van der Waals surface area contributed by atoms with E-state index in [4.69, 9.17) is 5.73 Å². The summed E-state index contributed by atoms with van der Waals surface area (Å²) in [5.41, 5.74) is 10.9. The number of aliphatic hydroxyl groups is 1. The van der Waals surface area contributed by atoms with Gasteiger partial charge in [-0.05, 0) is 48.2 Å². The summed E-state index contributed by atoms with van der Waals surface area (Å²) in [6.07, 6.45) is -0.447. The lowest BCUT2D eigenvalue weighted by Gasteiger charge is -2.09. The van der Waals surface area contributed by atoms with Gasteiger partial charge in [0.1, 0.15) is 0 Å². The highest BCUT2D eigenvalue weighted by Gasteiger charge is 2.04. The van der Waals surface area contributed by atoms with Crippen LogP contribution < -0.4 is 5.73 Å². The Hall–Kier alpha value is -1.80. The molecule has 3 N–H and O–H groups in total. The second kappa shape index (κ2) is 4.60. The maximum Gasteiger partial charge on any atom is 0.0762 e. The SMILES string of the molecule is Cc1ccc(-c2cccc(C(C)O)c2)cc1N. The quantitative estimate of drug-likeness (QED) is 0.773. The molecule has 88 valence electrons. The number of nitrogen functional groups attached to an aromatic ring is 1. The van der Waals surface area contributed by atoms with Crippen LogP contribution in [0.3, 0.4) is 0 Å². The second-order valence-corrected chi connectivity index (χ2v) is 4.37. The summed E-state index contributed by atoms with van der Waals surface area (Å²) >= 11 is 0. The van der Waals surface area contributed by atoms with Gasteiger partial charge in [0.25, 0.3) is 0 Å². The summed E-state index contributed by atoms with van der Waals surface area (Å²) < 4.78 is 0. The maximum absolute atomic E-state index is 9.57. The van der Waals surface area contributed by atoms with E-state index in [-0.39, 0.29) is 0 Å². The third-order valence-electron chi connectivity index (χ3n) is 2.98. The van der Waals surface area contributed by atoms with Gasteiger partial charge in [-0.15, -0.1) is 0 Å². The van der Waals surface area contributed by atoms with E-state index in [0.717, 1.165) is 27.9 Å². The van der Waals surface area contributed by atoms with Gasteiger partial charge in [0, 0.05) is 5.69 Å². The molecule has 0 spiro atoms. The minimum absolute atomic E-state index is 0.447. The molecule has 0 aliphatic carbocycles. The predicted molar refractivity (Wildman–Crippen MR) is 71.7 cm³/mol. The van der Waals surface area contributed by atoms with Gasteiger partial charge in [-0.1, -0.05) is 30.3 Å². The first-order valence-electron chi connectivity index (χ1n) is 5.72. The van der Waals surface area contributed by atoms with Crippen molar-refractivity contribution in [3.63, 3.8) is 0 Å². The molecule has 1 unspecified atom stereocenters. The van der Waals surface area contributed by atoms with E-state index in [2.05, 4.69) is 0 Å². The number of benzene rings is 2. The number of nitrogens with two attached hydrogens (primary N) is 1. The van der Waals surface area contributed by atoms with Crippen molar-refractivity contribution in [3.8, 4) is 11.1 Å². The molecule has 2 heteroatoms. The van der Waals surface area contributed by atoms with Crippen molar-refractivity contribution in [2.45, 2.75) is 20.0 Å². The molecule has 2 aromatic carbocycles. The van der Waals surface area contributed by atoms with Crippen molar-refractivity contribution >= 4 is 5.69 Å². The van der Waals surface area contributed by atoms with E-state index >= 15 is 0 Å². The smallest absolute Gasteiger partial charge is 0.0762 e. The van der Waals surface area contributed by atoms with Crippen molar-refractivity contribution in [1.82, 2.24) is 0 Å². The average Bonchev–Trinajstić information content (AvgIpc) is 2.33. The van der Waals surface area contributed by atoms with Gasteiger partial charge in [-0.25, -0.2) is 0 Å². The molecule has 0 saturated carbocycles. The second-order valence-electron chi connectivity index (χ2n) is 4.37. The molecule has 0 amide bonds. The molecule has 17 heavy (non-hydrogen) atoms. The van der Waals surface area contributed by atoms with Crippen molar-refractivity contribution in [2.75, 3.05) is 5.73 Å². The largest absolute Gasteiger partial charge is 0.398 e. The molecule has 0 aromatic heterocycles. The summed E-state index contributed by atoms with van der Waals surface area (Å²) in [6, 6.07) is 13.9. The van der Waals surface area contributed by atoms with Crippen LogP contribution in [-0.2, 0) is 0 Å². The van der Waals surface area contributed by atoms with Gasteiger partial charge in [-0.2, -0.15) is 0 Å². The molecule has 0 fully saturated rings. The zero-order valence-electron chi connectivity index (χ0n) is 10.1. The van der Waals surface area contributed by atoms with E-state index < -0.39 is 6.10 Å². The Morgan fingerprint density at radius 3 is 2.41 bits per heavy atom. The number of hydrogen-bond donors (Lipinski definition) is 2. The first-order chi connectivity index (χ1) is 8.08. The van der Waals surface area contributed by atoms with Gasteiger partial charge >= 0.3 is 0 Å². The van der Waals surface area contributed by atoms with Crippen LogP contribution in [0.1, 0.15) is 24.2 Å². The van der Waals surface area contributed by atoms with Crippen molar-refractivity contribution in [1.29, 1.82) is 0 Å². The highest BCUT2D eigenvalue weighted by atomic mass is 16.3. The molecular formula is C15H17NO. The van der Waals surface area contributed by atoms with Crippen LogP contribution in [0.15, 0.2) is 42.5 Å². The first-order valence-corrected chi connectivity index (χ1v) is 5.72. The van der Waals surface area contributed by atoms with Crippen LogP contribution in [0.2, 0.25) is 0 Å². The number of anilines is 1. The maximum atomic E-state index is 9.57. The van der Waals surface area contributed by atoms with Crippen LogP contribution in [0.25, 0.3) is 11.1 Å². The minimum Gasteiger partial charge on any atom is -0.398 e. The third-order valence-corrected chi connectivity index (χ3v) is 2.98. The lowest BCUT2D eigenvalue weighted by atomic mass is 9.99. The molecule has 0 heterocycles. The lowest BCUT2D eigenvalue weighted by molar-refractivity contribution is 0.199. The van der Waals surface area contributed by atoms with E-state index in [1.165, 1.54) is 0 Å². The summed E-state index contributed by atoms with van der Waals surface area (Å²) in [5, 5.41) is 9.57. The molecule has 2 rings (SSSR count). The molecule has 2 aromatic rings. The Bertz CT molecular complexity index is 532. The zero-order valence-corrected chi connectivity index (χ0v) is 10.1. The van der Waals surface area contributed by atoms with Crippen LogP contribution in [-0.4, -0.2) is 5.11 Å². The fraction of sp³-hybridized carbons (Fsp3) is 0.200. The van der Waals surface area contributed by atoms with Gasteiger partial charge in [0.2, 0.25) is 0 Å². The molecule has 0 saturated heterocycles. The number of rotatable bonds is 2. The molecule has 2 nitrogen and oxygen atoms in total. The fourth-order valence-corrected chi connectivity index (χ4v) is 1.80. The minimum atomic E-state index is -0.447. The lowest BCUT2D eigenvalue weighted by Crippen LogP contribution is -1.92. The van der Waals surface area contributed by atoms with Crippen LogP contribution in [0.5, 0.6) is 0 Å². The van der Waals surface area contributed by atoms with Crippen LogP contribution in [0, 0.1) is 6.92 Å². The number of aryl methyl sites for hydroxylation is 1. The van der Waals surface area contributed by atoms with Gasteiger partial charge in [0.05, 0.1) is 6.10 Å². The molecule has 0 bridgehead atoms. The summed E-state index contributed by atoms with van der Waals surface area (Å²) in [5.74, 6) is 0. The van der Waals surface area contributed by atoms with E-state index in [0.29, 0.717) is 0 Å².